The first-order valence-electron chi connectivity index (χ1n) is 7.73. The van der Waals surface area contributed by atoms with Gasteiger partial charge in [-0.1, -0.05) is 12.8 Å². The standard InChI is InChI=1S/C17H21N3/c18-15-5-6-17(13-7-9-19-11-14(13)15)20-10-8-12-3-1-2-4-16(12)20/h5-7,9,11-12,16H,1-4,8,10,18H2. The zero-order valence-electron chi connectivity index (χ0n) is 11.8. The third-order valence-corrected chi connectivity index (χ3v) is 5.15. The van der Waals surface area contributed by atoms with Crippen molar-refractivity contribution in [1.82, 2.24) is 4.98 Å². The first-order chi connectivity index (χ1) is 9.84. The molecule has 0 amide bonds. The molecule has 1 aliphatic carbocycles. The van der Waals surface area contributed by atoms with Crippen LogP contribution in [-0.2, 0) is 0 Å². The summed E-state index contributed by atoms with van der Waals surface area (Å²) in [6.45, 7) is 1.19. The van der Waals surface area contributed by atoms with Gasteiger partial charge in [0.05, 0.1) is 0 Å². The number of hydrogen-bond donors (Lipinski definition) is 1. The molecular weight excluding hydrogens is 246 g/mol. The molecule has 3 heteroatoms. The number of anilines is 2. The van der Waals surface area contributed by atoms with Crippen LogP contribution in [0.15, 0.2) is 30.6 Å². The first-order valence-corrected chi connectivity index (χ1v) is 7.73. The van der Waals surface area contributed by atoms with Crippen molar-refractivity contribution in [2.75, 3.05) is 17.2 Å². The molecule has 104 valence electrons. The summed E-state index contributed by atoms with van der Waals surface area (Å²) < 4.78 is 0. The normalized spacial score (nSPS) is 25.9. The van der Waals surface area contributed by atoms with E-state index in [0.29, 0.717) is 0 Å². The summed E-state index contributed by atoms with van der Waals surface area (Å²) in [6, 6.07) is 7.09. The lowest BCUT2D eigenvalue weighted by Crippen LogP contribution is -2.34. The van der Waals surface area contributed by atoms with Gasteiger partial charge in [0.25, 0.3) is 0 Å². The van der Waals surface area contributed by atoms with Crippen molar-refractivity contribution in [2.24, 2.45) is 5.92 Å². The van der Waals surface area contributed by atoms with E-state index in [0.717, 1.165) is 23.0 Å². The van der Waals surface area contributed by atoms with Crippen LogP contribution in [0.5, 0.6) is 0 Å². The maximum atomic E-state index is 6.10. The van der Waals surface area contributed by atoms with Crippen LogP contribution in [0.3, 0.4) is 0 Å². The summed E-state index contributed by atoms with van der Waals surface area (Å²) >= 11 is 0. The van der Waals surface area contributed by atoms with Crippen LogP contribution < -0.4 is 10.6 Å². The fraction of sp³-hybridized carbons (Fsp3) is 0.471. The second-order valence-corrected chi connectivity index (χ2v) is 6.19. The van der Waals surface area contributed by atoms with Crippen LogP contribution in [0.1, 0.15) is 32.1 Å². The van der Waals surface area contributed by atoms with Crippen molar-refractivity contribution in [3.05, 3.63) is 30.6 Å². The van der Waals surface area contributed by atoms with Gasteiger partial charge in [-0.15, -0.1) is 0 Å². The SMILES string of the molecule is Nc1ccc(N2CCC3CCCCC32)c2ccncc12. The van der Waals surface area contributed by atoms with E-state index in [1.54, 1.807) is 0 Å². The number of nitrogens with two attached hydrogens (primary N) is 1. The molecule has 2 N–H and O–H groups in total. The number of nitrogens with zero attached hydrogens (tertiary/aromatic N) is 2. The van der Waals surface area contributed by atoms with E-state index >= 15 is 0 Å². The van der Waals surface area contributed by atoms with E-state index in [9.17, 15) is 0 Å². The van der Waals surface area contributed by atoms with Crippen molar-refractivity contribution in [3.63, 3.8) is 0 Å². The Hall–Kier alpha value is -1.77. The summed E-state index contributed by atoms with van der Waals surface area (Å²) in [5.41, 5.74) is 8.28. The van der Waals surface area contributed by atoms with Crippen LogP contribution in [0.4, 0.5) is 11.4 Å². The second-order valence-electron chi connectivity index (χ2n) is 6.19. The Morgan fingerprint density at radius 1 is 1.05 bits per heavy atom. The number of benzene rings is 1. The minimum absolute atomic E-state index is 0.740. The van der Waals surface area contributed by atoms with Crippen LogP contribution >= 0.6 is 0 Å². The highest BCUT2D eigenvalue weighted by molar-refractivity contribution is 6.01. The second kappa shape index (κ2) is 4.65. The topological polar surface area (TPSA) is 42.1 Å². The van der Waals surface area contributed by atoms with Gasteiger partial charge < -0.3 is 10.6 Å². The number of fused-ring (bicyclic) bond motifs is 2. The fourth-order valence-corrected chi connectivity index (χ4v) is 4.15. The molecule has 2 unspecified atom stereocenters. The first kappa shape index (κ1) is 12.0. The molecule has 0 bridgehead atoms. The molecular formula is C17H21N3. The van der Waals surface area contributed by atoms with E-state index in [2.05, 4.69) is 22.0 Å². The predicted octanol–water partition coefficient (Wildman–Crippen LogP) is 3.59. The van der Waals surface area contributed by atoms with Crippen LogP contribution in [0.2, 0.25) is 0 Å². The highest BCUT2D eigenvalue weighted by Gasteiger charge is 2.36. The quantitative estimate of drug-likeness (QED) is 0.803. The van der Waals surface area contributed by atoms with E-state index < -0.39 is 0 Å². The number of aromatic nitrogens is 1. The molecule has 20 heavy (non-hydrogen) atoms. The Morgan fingerprint density at radius 3 is 2.90 bits per heavy atom. The van der Waals surface area contributed by atoms with Crippen molar-refractivity contribution in [1.29, 1.82) is 0 Å². The zero-order valence-corrected chi connectivity index (χ0v) is 11.8. The van der Waals surface area contributed by atoms with Crippen molar-refractivity contribution < 1.29 is 0 Å². The van der Waals surface area contributed by atoms with Gasteiger partial charge in [-0.3, -0.25) is 4.98 Å². The van der Waals surface area contributed by atoms with E-state index in [4.69, 9.17) is 5.73 Å². The maximum Gasteiger partial charge on any atom is 0.0451 e. The molecule has 1 saturated heterocycles. The smallest absolute Gasteiger partial charge is 0.0451 e. The average Bonchev–Trinajstić information content (AvgIpc) is 2.92. The number of nitrogen functional groups attached to an aromatic ring is 1. The van der Waals surface area contributed by atoms with Gasteiger partial charge in [-0.25, -0.2) is 0 Å². The summed E-state index contributed by atoms with van der Waals surface area (Å²) in [7, 11) is 0. The average molecular weight is 267 g/mol. The number of pyridine rings is 1. The maximum absolute atomic E-state index is 6.10. The molecule has 2 atom stereocenters. The van der Waals surface area contributed by atoms with Crippen molar-refractivity contribution in [2.45, 2.75) is 38.1 Å². The summed E-state index contributed by atoms with van der Waals surface area (Å²) in [5, 5.41) is 2.34. The van der Waals surface area contributed by atoms with E-state index in [1.807, 2.05) is 18.5 Å². The van der Waals surface area contributed by atoms with Crippen molar-refractivity contribution in [3.8, 4) is 0 Å². The van der Waals surface area contributed by atoms with Gasteiger partial charge in [0.2, 0.25) is 0 Å². The highest BCUT2D eigenvalue weighted by atomic mass is 15.2. The van der Waals surface area contributed by atoms with Crippen LogP contribution in [-0.4, -0.2) is 17.6 Å². The van der Waals surface area contributed by atoms with Crippen molar-refractivity contribution >= 4 is 22.1 Å². The minimum atomic E-state index is 0.740. The Bertz CT molecular complexity index is 637. The van der Waals surface area contributed by atoms with Gasteiger partial charge in [-0.05, 0) is 43.4 Å². The van der Waals surface area contributed by atoms with Gasteiger partial charge in [0.1, 0.15) is 0 Å². The van der Waals surface area contributed by atoms with Gasteiger partial charge in [0.15, 0.2) is 0 Å². The Morgan fingerprint density at radius 2 is 1.95 bits per heavy atom. The fourth-order valence-electron chi connectivity index (χ4n) is 4.15. The number of hydrogen-bond acceptors (Lipinski definition) is 3. The Balaban J connectivity index is 1.81. The Labute approximate surface area is 119 Å². The molecule has 2 heterocycles. The Kier molecular flexibility index (Phi) is 2.79. The highest BCUT2D eigenvalue weighted by Crippen LogP contribution is 2.41. The third kappa shape index (κ3) is 1.76. The largest absolute Gasteiger partial charge is 0.398 e. The summed E-state index contributed by atoms with van der Waals surface area (Å²) in [6.07, 6.45) is 10.7. The monoisotopic (exact) mass is 267 g/mol. The molecule has 4 rings (SSSR count). The summed E-state index contributed by atoms with van der Waals surface area (Å²) in [4.78, 5) is 6.85. The predicted molar refractivity (Wildman–Crippen MR) is 83.9 cm³/mol. The van der Waals surface area contributed by atoms with E-state index in [1.165, 1.54) is 49.7 Å². The molecule has 2 fully saturated rings. The minimum Gasteiger partial charge on any atom is -0.398 e. The molecule has 1 saturated carbocycles. The lowest BCUT2D eigenvalue weighted by atomic mass is 9.85. The summed E-state index contributed by atoms with van der Waals surface area (Å²) in [5.74, 6) is 0.901. The van der Waals surface area contributed by atoms with Crippen LogP contribution in [0.25, 0.3) is 10.8 Å². The molecule has 2 aromatic rings. The number of rotatable bonds is 1. The van der Waals surface area contributed by atoms with Gasteiger partial charge in [0, 0.05) is 47.1 Å². The zero-order chi connectivity index (χ0) is 13.5. The van der Waals surface area contributed by atoms with Crippen LogP contribution in [0, 0.1) is 5.92 Å². The lowest BCUT2D eigenvalue weighted by molar-refractivity contribution is 0.342. The molecule has 1 aromatic carbocycles. The van der Waals surface area contributed by atoms with Gasteiger partial charge in [-0.2, -0.15) is 0 Å². The molecule has 1 aromatic heterocycles. The molecule has 1 aliphatic heterocycles. The van der Waals surface area contributed by atoms with E-state index in [-0.39, 0.29) is 0 Å². The molecule has 0 spiro atoms. The third-order valence-electron chi connectivity index (χ3n) is 5.15. The molecule has 0 radical (unpaired) electrons. The molecule has 3 nitrogen and oxygen atoms in total. The lowest BCUT2D eigenvalue weighted by Gasteiger charge is -2.34. The van der Waals surface area contributed by atoms with Gasteiger partial charge >= 0.3 is 0 Å². The molecule has 2 aliphatic rings.